The molecule has 0 amide bonds. The third kappa shape index (κ3) is 2.47. The monoisotopic (exact) mass is 205 g/mol. The van der Waals surface area contributed by atoms with Crippen molar-refractivity contribution in [3.8, 4) is 0 Å². The van der Waals surface area contributed by atoms with Gasteiger partial charge in [-0.15, -0.1) is 0 Å². The number of nitrogens with one attached hydrogen (secondary N) is 1. The van der Waals surface area contributed by atoms with Crippen LogP contribution in [0.25, 0.3) is 0 Å². The molecule has 0 aliphatic carbocycles. The summed E-state index contributed by atoms with van der Waals surface area (Å²) in [5.74, 6) is 0. The van der Waals surface area contributed by atoms with E-state index >= 15 is 0 Å². The summed E-state index contributed by atoms with van der Waals surface area (Å²) in [5.41, 5.74) is 7.77. The highest BCUT2D eigenvalue weighted by Crippen LogP contribution is 2.16. The molecule has 1 aliphatic rings. The van der Waals surface area contributed by atoms with Crippen molar-refractivity contribution in [3.05, 3.63) is 29.8 Å². The van der Waals surface area contributed by atoms with Crippen molar-refractivity contribution < 1.29 is 4.74 Å². The predicted molar refractivity (Wildman–Crippen MR) is 61.1 cm³/mol. The number of aliphatic imine (C=N–C) groups is 1. The second-order valence-electron chi connectivity index (χ2n) is 3.36. The summed E-state index contributed by atoms with van der Waals surface area (Å²) in [5, 5.41) is 3.17. The molecule has 0 spiro atoms. The number of ether oxygens (including phenoxy) is 1. The summed E-state index contributed by atoms with van der Waals surface area (Å²) in [7, 11) is 0. The Bertz CT molecular complexity index is 363. The van der Waals surface area contributed by atoms with Crippen molar-refractivity contribution in [2.24, 2.45) is 10.7 Å². The Labute approximate surface area is 89.1 Å². The van der Waals surface area contributed by atoms with Gasteiger partial charge < -0.3 is 15.8 Å². The zero-order chi connectivity index (χ0) is 10.5. The SMILES string of the molecule is NCCc1ccccc1NC1=NCCO1. The minimum atomic E-state index is 0.611. The number of rotatable bonds is 3. The number of hydrogen-bond donors (Lipinski definition) is 2. The fourth-order valence-electron chi connectivity index (χ4n) is 1.54. The molecule has 15 heavy (non-hydrogen) atoms. The molecule has 0 atom stereocenters. The topological polar surface area (TPSA) is 59.6 Å². The number of hydrogen-bond acceptors (Lipinski definition) is 4. The van der Waals surface area contributed by atoms with Gasteiger partial charge in [0.1, 0.15) is 6.61 Å². The zero-order valence-corrected chi connectivity index (χ0v) is 8.57. The van der Waals surface area contributed by atoms with E-state index in [0.29, 0.717) is 19.2 Å². The zero-order valence-electron chi connectivity index (χ0n) is 8.57. The molecule has 4 heteroatoms. The van der Waals surface area contributed by atoms with Crippen LogP contribution in [-0.4, -0.2) is 25.7 Å². The molecular formula is C11H15N3O. The van der Waals surface area contributed by atoms with Gasteiger partial charge >= 0.3 is 0 Å². The molecule has 80 valence electrons. The third-order valence-electron chi connectivity index (χ3n) is 2.26. The molecule has 0 fully saturated rings. The van der Waals surface area contributed by atoms with Crippen molar-refractivity contribution in [1.82, 2.24) is 0 Å². The Kier molecular flexibility index (Phi) is 3.19. The number of anilines is 1. The molecule has 4 nitrogen and oxygen atoms in total. The lowest BCUT2D eigenvalue weighted by Gasteiger charge is -2.10. The predicted octanol–water partition coefficient (Wildman–Crippen LogP) is 0.986. The first-order valence-corrected chi connectivity index (χ1v) is 5.12. The standard InChI is InChI=1S/C11H15N3O/c12-6-5-9-3-1-2-4-10(9)14-11-13-7-8-15-11/h1-4H,5-8,12H2,(H,13,14). The summed E-state index contributed by atoms with van der Waals surface area (Å²) in [6.07, 6.45) is 0.858. The number of nitrogens with zero attached hydrogens (tertiary/aromatic N) is 1. The number of nitrogens with two attached hydrogens (primary N) is 1. The van der Waals surface area contributed by atoms with Gasteiger partial charge in [0.2, 0.25) is 0 Å². The van der Waals surface area contributed by atoms with Crippen LogP contribution in [0.2, 0.25) is 0 Å². The van der Waals surface area contributed by atoms with E-state index in [1.165, 1.54) is 5.56 Å². The average Bonchev–Trinajstić information content (AvgIpc) is 2.74. The lowest BCUT2D eigenvalue weighted by molar-refractivity contribution is 0.346. The summed E-state index contributed by atoms with van der Waals surface area (Å²) in [6, 6.07) is 8.67. The molecule has 1 aromatic carbocycles. The van der Waals surface area contributed by atoms with Crippen LogP contribution >= 0.6 is 0 Å². The minimum absolute atomic E-state index is 0.611. The molecule has 1 heterocycles. The van der Waals surface area contributed by atoms with E-state index in [4.69, 9.17) is 10.5 Å². The van der Waals surface area contributed by atoms with E-state index in [2.05, 4.69) is 16.4 Å². The van der Waals surface area contributed by atoms with Crippen molar-refractivity contribution in [2.75, 3.05) is 25.0 Å². The van der Waals surface area contributed by atoms with Crippen LogP contribution in [0, 0.1) is 0 Å². The molecule has 0 aromatic heterocycles. The van der Waals surface area contributed by atoms with Gasteiger partial charge in [-0.05, 0) is 24.6 Å². The van der Waals surface area contributed by atoms with Gasteiger partial charge in [0, 0.05) is 5.69 Å². The molecule has 3 N–H and O–H groups in total. The number of amidine groups is 1. The molecule has 0 saturated carbocycles. The maximum atomic E-state index is 5.55. The van der Waals surface area contributed by atoms with Gasteiger partial charge in [-0.1, -0.05) is 18.2 Å². The Morgan fingerprint density at radius 1 is 1.40 bits per heavy atom. The van der Waals surface area contributed by atoms with Crippen LogP contribution in [0.3, 0.4) is 0 Å². The molecule has 0 bridgehead atoms. The van der Waals surface area contributed by atoms with Crippen molar-refractivity contribution in [3.63, 3.8) is 0 Å². The third-order valence-corrected chi connectivity index (χ3v) is 2.26. The second-order valence-corrected chi connectivity index (χ2v) is 3.36. The highest BCUT2D eigenvalue weighted by Gasteiger charge is 2.08. The number of para-hydroxylation sites is 1. The summed E-state index contributed by atoms with van der Waals surface area (Å²) < 4.78 is 5.30. The molecule has 1 aliphatic heterocycles. The van der Waals surface area contributed by atoms with E-state index in [9.17, 15) is 0 Å². The minimum Gasteiger partial charge on any atom is -0.463 e. The van der Waals surface area contributed by atoms with Gasteiger partial charge in [0.05, 0.1) is 6.54 Å². The van der Waals surface area contributed by atoms with E-state index in [1.807, 2.05) is 18.2 Å². The molecule has 0 radical (unpaired) electrons. The van der Waals surface area contributed by atoms with Gasteiger partial charge in [0.25, 0.3) is 6.02 Å². The van der Waals surface area contributed by atoms with Crippen LogP contribution in [0.5, 0.6) is 0 Å². The van der Waals surface area contributed by atoms with Crippen molar-refractivity contribution >= 4 is 11.7 Å². The van der Waals surface area contributed by atoms with Crippen molar-refractivity contribution in [1.29, 1.82) is 0 Å². The summed E-state index contributed by atoms with van der Waals surface area (Å²) in [6.45, 7) is 2.05. The normalized spacial score (nSPS) is 14.6. The van der Waals surface area contributed by atoms with Crippen LogP contribution in [0.4, 0.5) is 5.69 Å². The lowest BCUT2D eigenvalue weighted by Crippen LogP contribution is -2.14. The number of benzene rings is 1. The molecule has 0 saturated heterocycles. The summed E-state index contributed by atoms with van der Waals surface area (Å²) in [4.78, 5) is 4.18. The second kappa shape index (κ2) is 4.79. The van der Waals surface area contributed by atoms with Crippen molar-refractivity contribution in [2.45, 2.75) is 6.42 Å². The fraction of sp³-hybridized carbons (Fsp3) is 0.364. The Balaban J connectivity index is 2.12. The molecule has 1 aromatic rings. The van der Waals surface area contributed by atoms with Crippen LogP contribution < -0.4 is 11.1 Å². The lowest BCUT2D eigenvalue weighted by atomic mass is 10.1. The van der Waals surface area contributed by atoms with Gasteiger partial charge in [-0.2, -0.15) is 0 Å². The van der Waals surface area contributed by atoms with Crippen LogP contribution in [0.1, 0.15) is 5.56 Å². The van der Waals surface area contributed by atoms with E-state index in [0.717, 1.165) is 18.7 Å². The van der Waals surface area contributed by atoms with Gasteiger partial charge in [-0.25, -0.2) is 4.99 Å². The van der Waals surface area contributed by atoms with E-state index in [1.54, 1.807) is 0 Å². The van der Waals surface area contributed by atoms with Gasteiger partial charge in [0.15, 0.2) is 0 Å². The van der Waals surface area contributed by atoms with Gasteiger partial charge in [-0.3, -0.25) is 0 Å². The largest absolute Gasteiger partial charge is 0.463 e. The fourth-order valence-corrected chi connectivity index (χ4v) is 1.54. The molecule has 0 unspecified atom stereocenters. The maximum Gasteiger partial charge on any atom is 0.289 e. The smallest absolute Gasteiger partial charge is 0.289 e. The first-order chi connectivity index (χ1) is 7.40. The van der Waals surface area contributed by atoms with E-state index in [-0.39, 0.29) is 0 Å². The first-order valence-electron chi connectivity index (χ1n) is 5.12. The molecule has 2 rings (SSSR count). The highest BCUT2D eigenvalue weighted by atomic mass is 16.5. The average molecular weight is 205 g/mol. The Hall–Kier alpha value is -1.55. The Morgan fingerprint density at radius 3 is 3.00 bits per heavy atom. The van der Waals surface area contributed by atoms with E-state index < -0.39 is 0 Å². The summed E-state index contributed by atoms with van der Waals surface area (Å²) >= 11 is 0. The maximum absolute atomic E-state index is 5.55. The molecular weight excluding hydrogens is 190 g/mol. The van der Waals surface area contributed by atoms with Crippen LogP contribution in [-0.2, 0) is 11.2 Å². The first kappa shape index (κ1) is 9.98. The van der Waals surface area contributed by atoms with Crippen LogP contribution in [0.15, 0.2) is 29.3 Å². The quantitative estimate of drug-likeness (QED) is 0.773. The highest BCUT2D eigenvalue weighted by molar-refractivity contribution is 5.90. The Morgan fingerprint density at radius 2 is 2.27 bits per heavy atom.